The fourth-order valence-electron chi connectivity index (χ4n) is 3.82. The Balaban J connectivity index is 1.44. The number of benzene rings is 1. The first-order chi connectivity index (χ1) is 13.0. The minimum Gasteiger partial charge on any atom is -0.343 e. The molecular weight excluding hydrogens is 342 g/mol. The zero-order chi connectivity index (χ0) is 19.4. The van der Waals surface area contributed by atoms with Crippen LogP contribution in [-0.2, 0) is 9.59 Å². The molecule has 1 N–H and O–H groups in total. The standard InChI is InChI=1S/C21H29N3O3/c1-15-5-6-18(13-16(15)2)20(26)22-14-19(25)23-11-7-17(8-12-23)21(27)24-9-3-4-10-24/h5-6,13,17H,3-4,7-12,14H2,1-2H3,(H,22,26). The third-order valence-corrected chi connectivity index (χ3v) is 5.78. The molecule has 0 bridgehead atoms. The van der Waals surface area contributed by atoms with Gasteiger partial charge in [-0.3, -0.25) is 14.4 Å². The molecule has 146 valence electrons. The van der Waals surface area contributed by atoms with Crippen LogP contribution in [-0.4, -0.2) is 60.2 Å². The first-order valence-electron chi connectivity index (χ1n) is 9.87. The van der Waals surface area contributed by atoms with E-state index >= 15 is 0 Å². The quantitative estimate of drug-likeness (QED) is 0.879. The summed E-state index contributed by atoms with van der Waals surface area (Å²) in [6.07, 6.45) is 3.63. The molecule has 6 nitrogen and oxygen atoms in total. The largest absolute Gasteiger partial charge is 0.343 e. The molecule has 2 aliphatic heterocycles. The fraction of sp³-hybridized carbons (Fsp3) is 0.571. The summed E-state index contributed by atoms with van der Waals surface area (Å²) >= 11 is 0. The van der Waals surface area contributed by atoms with Crippen molar-refractivity contribution in [3.63, 3.8) is 0 Å². The maximum atomic E-state index is 12.5. The van der Waals surface area contributed by atoms with Crippen molar-refractivity contribution in [2.75, 3.05) is 32.7 Å². The van der Waals surface area contributed by atoms with E-state index in [9.17, 15) is 14.4 Å². The van der Waals surface area contributed by atoms with Gasteiger partial charge in [0.15, 0.2) is 0 Å². The van der Waals surface area contributed by atoms with Crippen LogP contribution in [0, 0.1) is 19.8 Å². The van der Waals surface area contributed by atoms with Gasteiger partial charge in [0.25, 0.3) is 5.91 Å². The molecule has 6 heteroatoms. The van der Waals surface area contributed by atoms with Gasteiger partial charge >= 0.3 is 0 Å². The van der Waals surface area contributed by atoms with Crippen molar-refractivity contribution in [3.05, 3.63) is 34.9 Å². The van der Waals surface area contributed by atoms with E-state index in [1.807, 2.05) is 30.9 Å². The molecule has 1 aromatic carbocycles. The van der Waals surface area contributed by atoms with Gasteiger partial charge in [-0.15, -0.1) is 0 Å². The van der Waals surface area contributed by atoms with Crippen LogP contribution >= 0.6 is 0 Å². The second kappa shape index (κ2) is 8.55. The van der Waals surface area contributed by atoms with Crippen molar-refractivity contribution in [1.82, 2.24) is 15.1 Å². The van der Waals surface area contributed by atoms with E-state index in [-0.39, 0.29) is 30.2 Å². The van der Waals surface area contributed by atoms with E-state index in [0.717, 1.165) is 37.1 Å². The number of likely N-dealkylation sites (tertiary alicyclic amines) is 2. The van der Waals surface area contributed by atoms with Crippen LogP contribution in [0.1, 0.15) is 47.2 Å². The minimum absolute atomic E-state index is 0.00348. The van der Waals surface area contributed by atoms with E-state index in [2.05, 4.69) is 5.32 Å². The number of hydrogen-bond acceptors (Lipinski definition) is 3. The van der Waals surface area contributed by atoms with Crippen molar-refractivity contribution in [2.24, 2.45) is 5.92 Å². The number of carbonyl (C=O) groups excluding carboxylic acids is 3. The lowest BCUT2D eigenvalue weighted by atomic mass is 9.95. The number of nitrogens with one attached hydrogen (secondary N) is 1. The second-order valence-electron chi connectivity index (χ2n) is 7.67. The molecule has 2 heterocycles. The number of hydrogen-bond donors (Lipinski definition) is 1. The molecule has 1 aromatic rings. The summed E-state index contributed by atoms with van der Waals surface area (Å²) in [5.41, 5.74) is 2.76. The number of aryl methyl sites for hydroxylation is 2. The van der Waals surface area contributed by atoms with Crippen LogP contribution in [0.3, 0.4) is 0 Å². The van der Waals surface area contributed by atoms with Gasteiger partial charge in [-0.25, -0.2) is 0 Å². The summed E-state index contributed by atoms with van der Waals surface area (Å²) in [5.74, 6) is -0.0234. The Labute approximate surface area is 160 Å². The number of rotatable bonds is 4. The SMILES string of the molecule is Cc1ccc(C(=O)NCC(=O)N2CCC(C(=O)N3CCCC3)CC2)cc1C. The van der Waals surface area contributed by atoms with Crippen molar-refractivity contribution in [1.29, 1.82) is 0 Å². The first-order valence-corrected chi connectivity index (χ1v) is 9.87. The highest BCUT2D eigenvalue weighted by Gasteiger charge is 2.31. The third-order valence-electron chi connectivity index (χ3n) is 5.78. The normalized spacial score (nSPS) is 17.9. The number of amides is 3. The molecule has 3 rings (SSSR count). The zero-order valence-corrected chi connectivity index (χ0v) is 16.3. The third kappa shape index (κ3) is 4.67. The van der Waals surface area contributed by atoms with Crippen LogP contribution in [0.5, 0.6) is 0 Å². The van der Waals surface area contributed by atoms with E-state index in [1.165, 1.54) is 0 Å². The van der Waals surface area contributed by atoms with Crippen LogP contribution < -0.4 is 5.32 Å². The first kappa shape index (κ1) is 19.4. The molecule has 0 aliphatic carbocycles. The van der Waals surface area contributed by atoms with Gasteiger partial charge < -0.3 is 15.1 Å². The van der Waals surface area contributed by atoms with Gasteiger partial charge in [-0.2, -0.15) is 0 Å². The van der Waals surface area contributed by atoms with Crippen LogP contribution in [0.2, 0.25) is 0 Å². The van der Waals surface area contributed by atoms with Gasteiger partial charge in [-0.1, -0.05) is 6.07 Å². The van der Waals surface area contributed by atoms with Gasteiger partial charge in [0.2, 0.25) is 11.8 Å². The molecule has 0 unspecified atom stereocenters. The van der Waals surface area contributed by atoms with Crippen molar-refractivity contribution in [2.45, 2.75) is 39.5 Å². The lowest BCUT2D eigenvalue weighted by Crippen LogP contribution is -2.46. The molecule has 2 aliphatic rings. The summed E-state index contributed by atoms with van der Waals surface area (Å²) in [7, 11) is 0. The van der Waals surface area contributed by atoms with Crippen molar-refractivity contribution in [3.8, 4) is 0 Å². The zero-order valence-electron chi connectivity index (χ0n) is 16.3. The number of piperidine rings is 1. The number of nitrogens with zero attached hydrogens (tertiary/aromatic N) is 2. The Morgan fingerprint density at radius 1 is 0.963 bits per heavy atom. The van der Waals surface area contributed by atoms with Crippen molar-refractivity contribution < 1.29 is 14.4 Å². The molecule has 0 radical (unpaired) electrons. The van der Waals surface area contributed by atoms with Crippen LogP contribution in [0.4, 0.5) is 0 Å². The monoisotopic (exact) mass is 371 g/mol. The van der Waals surface area contributed by atoms with E-state index in [0.29, 0.717) is 31.5 Å². The fourth-order valence-corrected chi connectivity index (χ4v) is 3.82. The molecule has 0 saturated carbocycles. The molecular formula is C21H29N3O3. The molecule has 0 atom stereocenters. The average Bonchev–Trinajstić information content (AvgIpc) is 3.22. The van der Waals surface area contributed by atoms with E-state index < -0.39 is 0 Å². The summed E-state index contributed by atoms with van der Waals surface area (Å²) in [4.78, 5) is 40.8. The summed E-state index contributed by atoms with van der Waals surface area (Å²) in [5, 5.41) is 2.72. The topological polar surface area (TPSA) is 69.7 Å². The lowest BCUT2D eigenvalue weighted by molar-refractivity contribution is -0.139. The van der Waals surface area contributed by atoms with Gasteiger partial charge in [0.05, 0.1) is 6.54 Å². The van der Waals surface area contributed by atoms with Crippen LogP contribution in [0.25, 0.3) is 0 Å². The molecule has 2 fully saturated rings. The van der Waals surface area contributed by atoms with Crippen molar-refractivity contribution >= 4 is 17.7 Å². The highest BCUT2D eigenvalue weighted by Crippen LogP contribution is 2.22. The second-order valence-corrected chi connectivity index (χ2v) is 7.67. The molecule has 2 saturated heterocycles. The molecule has 0 spiro atoms. The lowest BCUT2D eigenvalue weighted by Gasteiger charge is -2.33. The van der Waals surface area contributed by atoms with Gasteiger partial charge in [-0.05, 0) is 62.8 Å². The Morgan fingerprint density at radius 2 is 1.63 bits per heavy atom. The van der Waals surface area contributed by atoms with Gasteiger partial charge in [0, 0.05) is 37.7 Å². The smallest absolute Gasteiger partial charge is 0.251 e. The predicted octanol–water partition coefficient (Wildman–Crippen LogP) is 1.89. The Hall–Kier alpha value is -2.37. The minimum atomic E-state index is -0.231. The number of carbonyl (C=O) groups is 3. The predicted molar refractivity (Wildman–Crippen MR) is 103 cm³/mol. The summed E-state index contributed by atoms with van der Waals surface area (Å²) in [6, 6.07) is 5.52. The Kier molecular flexibility index (Phi) is 6.14. The van der Waals surface area contributed by atoms with Crippen LogP contribution in [0.15, 0.2) is 18.2 Å². The van der Waals surface area contributed by atoms with E-state index in [1.54, 1.807) is 11.0 Å². The molecule has 27 heavy (non-hydrogen) atoms. The Bertz CT molecular complexity index is 717. The maximum Gasteiger partial charge on any atom is 0.251 e. The highest BCUT2D eigenvalue weighted by atomic mass is 16.2. The average molecular weight is 371 g/mol. The molecule has 3 amide bonds. The molecule has 0 aromatic heterocycles. The summed E-state index contributed by atoms with van der Waals surface area (Å²) in [6.45, 7) is 6.89. The Morgan fingerprint density at radius 3 is 2.26 bits per heavy atom. The van der Waals surface area contributed by atoms with Gasteiger partial charge in [0.1, 0.15) is 0 Å². The maximum absolute atomic E-state index is 12.5. The highest BCUT2D eigenvalue weighted by molar-refractivity contribution is 5.96. The van der Waals surface area contributed by atoms with E-state index in [4.69, 9.17) is 0 Å². The summed E-state index contributed by atoms with van der Waals surface area (Å²) < 4.78 is 0.